The van der Waals surface area contributed by atoms with Crippen LogP contribution in [0.4, 0.5) is 31.1 Å². The number of nitrogens with one attached hydrogen (secondary N) is 1. The van der Waals surface area contributed by atoms with Gasteiger partial charge in [-0.25, -0.2) is 4.79 Å². The molecule has 0 spiro atoms. The predicted octanol–water partition coefficient (Wildman–Crippen LogP) is 7.91. The fraction of sp³-hybridized carbons (Fsp3) is 0.405. The number of benzene rings is 3. The number of ether oxygens (including phenoxy) is 3. The number of alkyl halides is 6. The quantitative estimate of drug-likeness (QED) is 0.0807. The lowest BCUT2D eigenvalue weighted by Gasteiger charge is -2.33. The summed E-state index contributed by atoms with van der Waals surface area (Å²) in [4.78, 5) is 27.8. The zero-order valence-electron chi connectivity index (χ0n) is 28.0. The van der Waals surface area contributed by atoms with Crippen LogP contribution in [0.3, 0.4) is 0 Å². The summed E-state index contributed by atoms with van der Waals surface area (Å²) in [6.45, 7) is 4.23. The van der Waals surface area contributed by atoms with E-state index in [2.05, 4.69) is 5.32 Å². The normalized spacial score (nSPS) is 18.0. The van der Waals surface area contributed by atoms with Crippen LogP contribution in [0.2, 0.25) is 0 Å². The Bertz CT molecular complexity index is 1750. The van der Waals surface area contributed by atoms with Crippen molar-refractivity contribution in [2.75, 3.05) is 26.4 Å². The molecule has 0 radical (unpaired) electrons. The van der Waals surface area contributed by atoms with Crippen LogP contribution in [0.5, 0.6) is 17.2 Å². The Labute approximate surface area is 291 Å². The molecular formula is C37H38F6N2O6. The number of halogens is 6. The molecule has 274 valence electrons. The maximum Gasteiger partial charge on any atom is 0.430 e. The molecule has 1 unspecified atom stereocenters. The first kappa shape index (κ1) is 37.5. The molecule has 0 saturated carbocycles. The third kappa shape index (κ3) is 7.37. The van der Waals surface area contributed by atoms with Crippen LogP contribution in [0.15, 0.2) is 60.7 Å². The minimum Gasteiger partial charge on any atom is -0.493 e. The second kappa shape index (κ2) is 14.9. The average Bonchev–Trinajstić information content (AvgIpc) is 3.35. The highest BCUT2D eigenvalue weighted by Crippen LogP contribution is 2.51. The third-order valence-electron chi connectivity index (χ3n) is 8.97. The zero-order chi connectivity index (χ0) is 37.0. The topological polar surface area (TPSA) is 97.3 Å². The lowest BCUT2D eigenvalue weighted by atomic mass is 9.87. The molecule has 5 rings (SSSR count). The van der Waals surface area contributed by atoms with Crippen LogP contribution in [0.25, 0.3) is 12.2 Å². The smallest absolute Gasteiger partial charge is 0.430 e. The number of aryl methyl sites for hydroxylation is 1. The molecule has 2 aliphatic rings. The van der Waals surface area contributed by atoms with Crippen molar-refractivity contribution in [3.63, 3.8) is 0 Å². The molecular weight excluding hydrogens is 682 g/mol. The van der Waals surface area contributed by atoms with Crippen LogP contribution < -0.4 is 19.5 Å². The van der Waals surface area contributed by atoms with E-state index in [4.69, 9.17) is 14.2 Å². The Hall–Kier alpha value is -4.72. The van der Waals surface area contributed by atoms with Crippen LogP contribution in [0.1, 0.15) is 67.3 Å². The third-order valence-corrected chi connectivity index (χ3v) is 8.97. The molecule has 2 aliphatic heterocycles. The number of nitrogens with zero attached hydrogens (tertiary/aromatic N) is 1. The van der Waals surface area contributed by atoms with Crippen LogP contribution in [0, 0.1) is 0 Å². The molecule has 51 heavy (non-hydrogen) atoms. The van der Waals surface area contributed by atoms with E-state index in [1.165, 1.54) is 12.2 Å². The van der Waals surface area contributed by atoms with E-state index in [9.17, 15) is 41.0 Å². The molecule has 8 nitrogen and oxygen atoms in total. The van der Waals surface area contributed by atoms with Gasteiger partial charge in [0, 0.05) is 17.7 Å². The molecule has 3 amide bonds. The molecule has 1 atom stereocenters. The van der Waals surface area contributed by atoms with Gasteiger partial charge in [0.2, 0.25) is 0 Å². The summed E-state index contributed by atoms with van der Waals surface area (Å²) >= 11 is 0. The summed E-state index contributed by atoms with van der Waals surface area (Å²) in [6, 6.07) is 14.4. The summed E-state index contributed by atoms with van der Waals surface area (Å²) in [6.07, 6.45) is -8.01. The van der Waals surface area contributed by atoms with Gasteiger partial charge in [-0.1, -0.05) is 68.8 Å². The van der Waals surface area contributed by atoms with Crippen molar-refractivity contribution in [3.8, 4) is 17.2 Å². The van der Waals surface area contributed by atoms with Crippen molar-refractivity contribution < 1.29 is 55.2 Å². The van der Waals surface area contributed by atoms with Gasteiger partial charge in [-0.3, -0.25) is 9.69 Å². The van der Waals surface area contributed by atoms with Gasteiger partial charge in [-0.15, -0.1) is 0 Å². The summed E-state index contributed by atoms with van der Waals surface area (Å²) < 4.78 is 101. The van der Waals surface area contributed by atoms with Crippen molar-refractivity contribution in [2.24, 2.45) is 0 Å². The second-order valence-corrected chi connectivity index (χ2v) is 12.3. The number of unbranched alkanes of at least 4 members (excludes halogenated alkanes) is 1. The average molecular weight is 721 g/mol. The van der Waals surface area contributed by atoms with Crippen molar-refractivity contribution in [1.82, 2.24) is 10.2 Å². The maximum absolute atomic E-state index is 13.9. The summed E-state index contributed by atoms with van der Waals surface area (Å²) in [5.74, 6) is 0.637. The molecule has 1 saturated heterocycles. The number of aliphatic hydroxyl groups is 1. The fourth-order valence-electron chi connectivity index (χ4n) is 6.24. The van der Waals surface area contributed by atoms with Crippen molar-refractivity contribution in [1.29, 1.82) is 0 Å². The predicted molar refractivity (Wildman–Crippen MR) is 176 cm³/mol. The Morgan fingerprint density at radius 2 is 1.59 bits per heavy atom. The number of rotatable bonds is 13. The highest BCUT2D eigenvalue weighted by atomic mass is 19.4. The standard InChI is InChI=1S/C37H38F6N2O6/c1-3-10-25-21-28(35(48,36(38,39)40)37(41,42)43)22-26(14-13-24-11-6-5-7-12-24)31(25)51-18-9-8-17-45-32(46)34(4-2,44-33(45)47)27-15-16-29-30(23-27)50-20-19-49-29/h5-7,11-16,21-23,48H,3-4,8-10,17-20H2,1-2H3,(H,44,47)/b14-13+. The molecule has 3 aromatic carbocycles. The Morgan fingerprint density at radius 3 is 2.24 bits per heavy atom. The molecule has 0 aromatic heterocycles. The van der Waals surface area contributed by atoms with Gasteiger partial charge in [0.05, 0.1) is 6.61 Å². The zero-order valence-corrected chi connectivity index (χ0v) is 28.0. The van der Waals surface area contributed by atoms with Crippen molar-refractivity contribution >= 4 is 24.1 Å². The van der Waals surface area contributed by atoms with Gasteiger partial charge >= 0.3 is 18.4 Å². The maximum atomic E-state index is 13.9. The fourth-order valence-corrected chi connectivity index (χ4v) is 6.24. The van der Waals surface area contributed by atoms with Gasteiger partial charge in [-0.05, 0) is 66.6 Å². The van der Waals surface area contributed by atoms with Crippen molar-refractivity contribution in [2.45, 2.75) is 69.4 Å². The largest absolute Gasteiger partial charge is 0.493 e. The van der Waals surface area contributed by atoms with Crippen LogP contribution >= 0.6 is 0 Å². The second-order valence-electron chi connectivity index (χ2n) is 12.3. The molecule has 0 bridgehead atoms. The molecule has 2 N–H and O–H groups in total. The number of hydrogen-bond donors (Lipinski definition) is 2. The Kier molecular flexibility index (Phi) is 10.9. The lowest BCUT2D eigenvalue weighted by Crippen LogP contribution is -2.54. The van der Waals surface area contributed by atoms with Gasteiger partial charge in [0.1, 0.15) is 24.5 Å². The molecule has 2 heterocycles. The molecule has 1 fully saturated rings. The first-order chi connectivity index (χ1) is 24.2. The lowest BCUT2D eigenvalue weighted by molar-refractivity contribution is -0.376. The van der Waals surface area contributed by atoms with E-state index in [0.29, 0.717) is 60.8 Å². The molecule has 0 aliphatic carbocycles. The monoisotopic (exact) mass is 720 g/mol. The van der Waals surface area contributed by atoms with Crippen LogP contribution in [-0.2, 0) is 22.4 Å². The van der Waals surface area contributed by atoms with Crippen LogP contribution in [-0.4, -0.2) is 60.7 Å². The highest BCUT2D eigenvalue weighted by Gasteiger charge is 2.71. The number of amides is 3. The van der Waals surface area contributed by atoms with Gasteiger partial charge in [-0.2, -0.15) is 26.3 Å². The molecule has 3 aromatic rings. The summed E-state index contributed by atoms with van der Waals surface area (Å²) in [7, 11) is 0. The SMILES string of the molecule is CCCc1cc(C(O)(C(F)(F)F)C(F)(F)F)cc(/C=C/c2ccccc2)c1OCCCCN1C(=O)NC(CC)(c2ccc3c(c2)OCCO3)C1=O. The number of hydrogen-bond acceptors (Lipinski definition) is 6. The van der Waals surface area contributed by atoms with Gasteiger partial charge in [0.25, 0.3) is 11.5 Å². The first-order valence-corrected chi connectivity index (χ1v) is 16.6. The summed E-state index contributed by atoms with van der Waals surface area (Å²) in [5, 5.41) is 13.1. The van der Waals surface area contributed by atoms with Gasteiger partial charge < -0.3 is 24.6 Å². The molecule has 14 heteroatoms. The number of urea groups is 1. The van der Waals surface area contributed by atoms with E-state index in [1.54, 1.807) is 62.4 Å². The Morgan fingerprint density at radius 1 is 0.902 bits per heavy atom. The Balaban J connectivity index is 1.35. The highest BCUT2D eigenvalue weighted by molar-refractivity contribution is 6.07. The van der Waals surface area contributed by atoms with E-state index in [-0.39, 0.29) is 49.3 Å². The van der Waals surface area contributed by atoms with E-state index >= 15 is 0 Å². The van der Waals surface area contributed by atoms with Crippen molar-refractivity contribution in [3.05, 3.63) is 88.5 Å². The van der Waals surface area contributed by atoms with E-state index < -0.39 is 41.0 Å². The minimum absolute atomic E-state index is 0.0320. The van der Waals surface area contributed by atoms with E-state index in [1.807, 2.05) is 0 Å². The van der Waals surface area contributed by atoms with E-state index in [0.717, 1.165) is 4.90 Å². The number of carbonyl (C=O) groups excluding carboxylic acids is 2. The number of imide groups is 1. The number of fused-ring (bicyclic) bond motifs is 1. The summed E-state index contributed by atoms with van der Waals surface area (Å²) in [5.41, 5.74) is -6.67. The van der Waals surface area contributed by atoms with Gasteiger partial charge in [0.15, 0.2) is 11.5 Å². The number of carbonyl (C=O) groups is 2. The minimum atomic E-state index is -6.06. The first-order valence-electron chi connectivity index (χ1n) is 16.6.